The summed E-state index contributed by atoms with van der Waals surface area (Å²) >= 11 is 0. The molecule has 0 atom stereocenters. The van der Waals surface area contributed by atoms with E-state index >= 15 is 0 Å². The van der Waals surface area contributed by atoms with Gasteiger partial charge >= 0.3 is 0 Å². The van der Waals surface area contributed by atoms with Crippen molar-refractivity contribution in [2.45, 2.75) is 12.8 Å². The normalized spacial score (nSPS) is 13.5. The van der Waals surface area contributed by atoms with Crippen LogP contribution in [0.1, 0.15) is 23.2 Å². The number of carbonyl (C=O) groups excluding carboxylic acids is 1. The molecule has 0 spiro atoms. The minimum atomic E-state index is -0.625. The van der Waals surface area contributed by atoms with Crippen LogP contribution in [0.5, 0.6) is 11.5 Å². The van der Waals surface area contributed by atoms with Crippen molar-refractivity contribution in [3.8, 4) is 17.2 Å². The lowest BCUT2D eigenvalue weighted by atomic mass is 10.1. The topological polar surface area (TPSA) is 93.5 Å². The highest BCUT2D eigenvalue weighted by atomic mass is 16.5. The van der Waals surface area contributed by atoms with Gasteiger partial charge in [-0.2, -0.15) is 0 Å². The minimum Gasteiger partial charge on any atom is -0.506 e. The van der Waals surface area contributed by atoms with Gasteiger partial charge in [0.25, 0.3) is 11.5 Å². The summed E-state index contributed by atoms with van der Waals surface area (Å²) in [6.45, 7) is 0.502. The second-order valence-corrected chi connectivity index (χ2v) is 6.59. The van der Waals surface area contributed by atoms with Crippen LogP contribution in [-0.4, -0.2) is 34.2 Å². The number of benzene rings is 1. The highest BCUT2D eigenvalue weighted by Crippen LogP contribution is 2.29. The molecule has 1 fully saturated rings. The third kappa shape index (κ3) is 3.12. The standard InChI is InChI=1S/C20H19N3O4/c1-27-14-5-2-4-13(10-14)23-18-15(6-3-9-21-18)17(24)16(20(23)26)19(25)22-11-12-7-8-12/h2-6,9-10,12,24H,7-8,11H2,1H3,(H,22,25). The molecule has 1 aliphatic rings. The van der Waals surface area contributed by atoms with Crippen molar-refractivity contribution >= 4 is 16.9 Å². The van der Waals surface area contributed by atoms with Crippen LogP contribution >= 0.6 is 0 Å². The van der Waals surface area contributed by atoms with Gasteiger partial charge in [-0.05, 0) is 43.0 Å². The first-order valence-corrected chi connectivity index (χ1v) is 8.75. The molecule has 1 saturated carbocycles. The first-order chi connectivity index (χ1) is 13.1. The van der Waals surface area contributed by atoms with Crippen molar-refractivity contribution in [1.29, 1.82) is 0 Å². The van der Waals surface area contributed by atoms with Crippen LogP contribution in [0.15, 0.2) is 47.4 Å². The number of aromatic nitrogens is 2. The summed E-state index contributed by atoms with van der Waals surface area (Å²) in [6.07, 6.45) is 3.68. The van der Waals surface area contributed by atoms with Crippen LogP contribution in [-0.2, 0) is 0 Å². The molecule has 0 unspecified atom stereocenters. The zero-order valence-corrected chi connectivity index (χ0v) is 14.8. The van der Waals surface area contributed by atoms with Crippen molar-refractivity contribution in [2.24, 2.45) is 5.92 Å². The molecule has 1 aromatic carbocycles. The first kappa shape index (κ1) is 17.1. The fourth-order valence-corrected chi connectivity index (χ4v) is 3.05. The Morgan fingerprint density at radius 1 is 1.33 bits per heavy atom. The number of rotatable bonds is 5. The molecule has 2 aromatic heterocycles. The first-order valence-electron chi connectivity index (χ1n) is 8.75. The summed E-state index contributed by atoms with van der Waals surface area (Å²) in [5, 5.41) is 13.7. The molecule has 0 radical (unpaired) electrons. The monoisotopic (exact) mass is 365 g/mol. The molecule has 4 rings (SSSR count). The number of methoxy groups -OCH3 is 1. The van der Waals surface area contributed by atoms with E-state index in [1.54, 1.807) is 36.4 Å². The predicted octanol–water partition coefficient (Wildman–Crippen LogP) is 2.24. The van der Waals surface area contributed by atoms with Crippen LogP contribution in [0, 0.1) is 5.92 Å². The summed E-state index contributed by atoms with van der Waals surface area (Å²) in [6, 6.07) is 10.2. The fraction of sp³-hybridized carbons (Fsp3) is 0.250. The Balaban J connectivity index is 1.93. The van der Waals surface area contributed by atoms with E-state index in [2.05, 4.69) is 10.3 Å². The number of hydrogen-bond donors (Lipinski definition) is 2. The number of amides is 1. The number of ether oxygens (including phenoxy) is 1. The molecule has 2 heterocycles. The summed E-state index contributed by atoms with van der Waals surface area (Å²) in [5.41, 5.74) is -0.134. The Labute approximate surface area is 155 Å². The van der Waals surface area contributed by atoms with Gasteiger partial charge in [0.2, 0.25) is 0 Å². The Morgan fingerprint density at radius 3 is 2.89 bits per heavy atom. The SMILES string of the molecule is COc1cccc(-n2c(=O)c(C(=O)NCC3CC3)c(O)c3cccnc32)c1. The fourth-order valence-electron chi connectivity index (χ4n) is 3.05. The van der Waals surface area contributed by atoms with Crippen LogP contribution in [0.2, 0.25) is 0 Å². The Bertz CT molecular complexity index is 1090. The van der Waals surface area contributed by atoms with Gasteiger partial charge in [0, 0.05) is 18.8 Å². The number of fused-ring (bicyclic) bond motifs is 1. The summed E-state index contributed by atoms with van der Waals surface area (Å²) < 4.78 is 6.56. The molecule has 1 amide bonds. The van der Waals surface area contributed by atoms with Crippen molar-refractivity contribution in [1.82, 2.24) is 14.9 Å². The molecule has 0 saturated heterocycles. The smallest absolute Gasteiger partial charge is 0.273 e. The van der Waals surface area contributed by atoms with E-state index in [1.165, 1.54) is 17.9 Å². The van der Waals surface area contributed by atoms with Crippen molar-refractivity contribution in [3.05, 3.63) is 58.5 Å². The second kappa shape index (κ2) is 6.75. The predicted molar refractivity (Wildman–Crippen MR) is 101 cm³/mol. The summed E-state index contributed by atoms with van der Waals surface area (Å²) in [4.78, 5) is 30.1. The number of aromatic hydroxyl groups is 1. The third-order valence-electron chi connectivity index (χ3n) is 4.69. The molecule has 138 valence electrons. The maximum atomic E-state index is 13.2. The molecular weight excluding hydrogens is 346 g/mol. The van der Waals surface area contributed by atoms with Gasteiger partial charge in [-0.3, -0.25) is 14.2 Å². The quantitative estimate of drug-likeness (QED) is 0.723. The molecular formula is C20H19N3O4. The number of hydrogen-bond acceptors (Lipinski definition) is 5. The largest absolute Gasteiger partial charge is 0.506 e. The zero-order chi connectivity index (χ0) is 19.0. The Kier molecular flexibility index (Phi) is 4.27. The molecule has 7 heteroatoms. The van der Waals surface area contributed by atoms with Crippen LogP contribution in [0.4, 0.5) is 0 Å². The maximum absolute atomic E-state index is 13.2. The van der Waals surface area contributed by atoms with Gasteiger partial charge in [0.15, 0.2) is 5.65 Å². The average Bonchev–Trinajstić information content (AvgIpc) is 3.51. The lowest BCUT2D eigenvalue weighted by Crippen LogP contribution is -2.34. The van der Waals surface area contributed by atoms with Gasteiger partial charge in [-0.1, -0.05) is 6.07 Å². The van der Waals surface area contributed by atoms with E-state index in [4.69, 9.17) is 4.74 Å². The van der Waals surface area contributed by atoms with Crippen LogP contribution in [0.3, 0.4) is 0 Å². The number of nitrogens with zero attached hydrogens (tertiary/aromatic N) is 2. The highest BCUT2D eigenvalue weighted by Gasteiger charge is 2.26. The highest BCUT2D eigenvalue weighted by molar-refractivity contribution is 6.02. The Morgan fingerprint density at radius 2 is 2.15 bits per heavy atom. The summed E-state index contributed by atoms with van der Waals surface area (Å²) in [5.74, 6) is 0.0949. The maximum Gasteiger partial charge on any atom is 0.273 e. The van der Waals surface area contributed by atoms with E-state index in [0.29, 0.717) is 29.3 Å². The van der Waals surface area contributed by atoms with Crippen LogP contribution < -0.4 is 15.6 Å². The molecule has 27 heavy (non-hydrogen) atoms. The lowest BCUT2D eigenvalue weighted by Gasteiger charge is -2.14. The number of nitrogens with one attached hydrogen (secondary N) is 1. The number of carbonyl (C=O) groups is 1. The van der Waals surface area contributed by atoms with Gasteiger partial charge < -0.3 is 15.2 Å². The van der Waals surface area contributed by atoms with E-state index in [9.17, 15) is 14.7 Å². The molecule has 0 bridgehead atoms. The van der Waals surface area contributed by atoms with E-state index in [-0.39, 0.29) is 17.0 Å². The minimum absolute atomic E-state index is 0.270. The van der Waals surface area contributed by atoms with Gasteiger partial charge in [-0.15, -0.1) is 0 Å². The van der Waals surface area contributed by atoms with E-state index in [1.807, 2.05) is 0 Å². The molecule has 0 aliphatic heterocycles. The summed E-state index contributed by atoms with van der Waals surface area (Å²) in [7, 11) is 1.53. The Hall–Kier alpha value is -3.35. The average molecular weight is 365 g/mol. The van der Waals surface area contributed by atoms with E-state index < -0.39 is 11.5 Å². The van der Waals surface area contributed by atoms with Crippen molar-refractivity contribution in [3.63, 3.8) is 0 Å². The van der Waals surface area contributed by atoms with Gasteiger partial charge in [-0.25, -0.2) is 4.98 Å². The van der Waals surface area contributed by atoms with Crippen molar-refractivity contribution < 1.29 is 14.6 Å². The second-order valence-electron chi connectivity index (χ2n) is 6.59. The van der Waals surface area contributed by atoms with Gasteiger partial charge in [0.05, 0.1) is 18.2 Å². The van der Waals surface area contributed by atoms with Crippen LogP contribution in [0.25, 0.3) is 16.7 Å². The lowest BCUT2D eigenvalue weighted by molar-refractivity contribution is 0.0947. The molecule has 3 aromatic rings. The van der Waals surface area contributed by atoms with Crippen molar-refractivity contribution in [2.75, 3.05) is 13.7 Å². The van der Waals surface area contributed by atoms with E-state index in [0.717, 1.165) is 12.8 Å². The third-order valence-corrected chi connectivity index (χ3v) is 4.69. The number of pyridine rings is 2. The molecule has 2 N–H and O–H groups in total. The zero-order valence-electron chi connectivity index (χ0n) is 14.8. The molecule has 1 aliphatic carbocycles. The van der Waals surface area contributed by atoms with Gasteiger partial charge in [0.1, 0.15) is 17.1 Å². The molecule has 7 nitrogen and oxygen atoms in total.